The van der Waals surface area contributed by atoms with Crippen molar-refractivity contribution in [2.45, 2.75) is 59.0 Å². The third-order valence-electron chi connectivity index (χ3n) is 6.43. The van der Waals surface area contributed by atoms with Crippen molar-refractivity contribution in [2.24, 2.45) is 0 Å². The molecule has 9 heteroatoms. The second kappa shape index (κ2) is 10.0. The molecule has 0 radical (unpaired) electrons. The van der Waals surface area contributed by atoms with Crippen molar-refractivity contribution < 1.29 is 14.3 Å². The highest BCUT2D eigenvalue weighted by Gasteiger charge is 2.27. The number of ether oxygens (including phenoxy) is 2. The van der Waals surface area contributed by atoms with E-state index in [4.69, 9.17) is 9.47 Å². The lowest BCUT2D eigenvalue weighted by Gasteiger charge is -2.25. The third kappa shape index (κ3) is 4.24. The zero-order valence-corrected chi connectivity index (χ0v) is 21.0. The Morgan fingerprint density at radius 1 is 1.09 bits per heavy atom. The molecule has 1 aromatic carbocycles. The van der Waals surface area contributed by atoms with Crippen molar-refractivity contribution in [1.29, 1.82) is 0 Å². The molecule has 0 saturated heterocycles. The second-order valence-corrected chi connectivity index (χ2v) is 9.63. The number of fused-ring (bicyclic) bond motifs is 3. The van der Waals surface area contributed by atoms with Gasteiger partial charge in [0.25, 0.3) is 5.56 Å². The molecule has 3 aromatic rings. The molecule has 0 aliphatic carbocycles. The van der Waals surface area contributed by atoms with Crippen LogP contribution in [-0.4, -0.2) is 40.7 Å². The standard InChI is InChI=1S/C25H31N3O5S/c1-5-6-7-8-12-27-24-22(18-11-13-26(16(2)29)15-21(18)34-24)23(30)28(25(27)31)17-9-10-19(32-3)20(14-17)33-4/h9-10,14H,5-8,11-13,15H2,1-4H3. The first-order valence-electron chi connectivity index (χ1n) is 11.7. The van der Waals surface area contributed by atoms with E-state index in [1.807, 2.05) is 0 Å². The fraction of sp³-hybridized carbons (Fsp3) is 0.480. The van der Waals surface area contributed by atoms with Gasteiger partial charge in [-0.1, -0.05) is 26.2 Å². The Kier molecular flexibility index (Phi) is 7.11. The van der Waals surface area contributed by atoms with Gasteiger partial charge in [-0.05, 0) is 30.5 Å². The van der Waals surface area contributed by atoms with Gasteiger partial charge in [-0.3, -0.25) is 14.2 Å². The molecule has 0 atom stereocenters. The average molecular weight is 486 g/mol. The second-order valence-electron chi connectivity index (χ2n) is 8.55. The number of aryl methyl sites for hydroxylation is 1. The quantitative estimate of drug-likeness (QED) is 0.454. The molecule has 8 nitrogen and oxygen atoms in total. The number of thiophene rings is 1. The highest BCUT2D eigenvalue weighted by atomic mass is 32.1. The van der Waals surface area contributed by atoms with E-state index in [9.17, 15) is 14.4 Å². The van der Waals surface area contributed by atoms with Crippen molar-refractivity contribution in [3.63, 3.8) is 0 Å². The van der Waals surface area contributed by atoms with Gasteiger partial charge in [0, 0.05) is 31.0 Å². The minimum atomic E-state index is -0.358. The number of hydrogen-bond donors (Lipinski definition) is 0. The van der Waals surface area contributed by atoms with Crippen LogP contribution >= 0.6 is 11.3 Å². The highest BCUT2D eigenvalue weighted by Crippen LogP contribution is 2.34. The van der Waals surface area contributed by atoms with Gasteiger partial charge in [-0.25, -0.2) is 9.36 Å². The molecular formula is C25H31N3O5S. The monoisotopic (exact) mass is 485 g/mol. The first-order chi connectivity index (χ1) is 16.4. The summed E-state index contributed by atoms with van der Waals surface area (Å²) in [6.07, 6.45) is 4.67. The Morgan fingerprint density at radius 3 is 2.53 bits per heavy atom. The molecule has 0 saturated carbocycles. The number of aromatic nitrogens is 2. The van der Waals surface area contributed by atoms with Gasteiger partial charge < -0.3 is 14.4 Å². The largest absolute Gasteiger partial charge is 0.493 e. The van der Waals surface area contributed by atoms with Gasteiger partial charge in [0.2, 0.25) is 5.91 Å². The minimum absolute atomic E-state index is 0.0165. The topological polar surface area (TPSA) is 82.8 Å². The van der Waals surface area contributed by atoms with Gasteiger partial charge in [-0.2, -0.15) is 0 Å². The maximum atomic E-state index is 13.8. The van der Waals surface area contributed by atoms with E-state index >= 15 is 0 Å². The number of rotatable bonds is 8. The molecule has 4 rings (SSSR count). The summed E-state index contributed by atoms with van der Waals surface area (Å²) in [5, 5.41) is 0.591. The Hall–Kier alpha value is -3.07. The van der Waals surface area contributed by atoms with Crippen molar-refractivity contribution in [3.8, 4) is 17.2 Å². The molecule has 0 unspecified atom stereocenters. The first kappa shape index (κ1) is 24.1. The molecule has 1 aliphatic heterocycles. The van der Waals surface area contributed by atoms with Crippen molar-refractivity contribution in [3.05, 3.63) is 49.5 Å². The van der Waals surface area contributed by atoms with Gasteiger partial charge in [0.1, 0.15) is 4.83 Å². The van der Waals surface area contributed by atoms with Crippen molar-refractivity contribution in [1.82, 2.24) is 14.0 Å². The van der Waals surface area contributed by atoms with Crippen LogP contribution in [-0.2, 0) is 24.3 Å². The molecule has 1 amide bonds. The lowest BCUT2D eigenvalue weighted by molar-refractivity contribution is -0.129. The maximum absolute atomic E-state index is 13.8. The van der Waals surface area contributed by atoms with Gasteiger partial charge >= 0.3 is 5.69 Å². The van der Waals surface area contributed by atoms with Crippen LogP contribution in [0.5, 0.6) is 11.5 Å². The number of carbonyl (C=O) groups is 1. The molecular weight excluding hydrogens is 454 g/mol. The van der Waals surface area contributed by atoms with E-state index in [-0.39, 0.29) is 17.2 Å². The molecule has 182 valence electrons. The summed E-state index contributed by atoms with van der Waals surface area (Å²) >= 11 is 1.47. The molecule has 0 fully saturated rings. The number of unbranched alkanes of at least 4 members (excludes halogenated alkanes) is 3. The van der Waals surface area contributed by atoms with Gasteiger partial charge in [0.05, 0.1) is 31.8 Å². The average Bonchev–Trinajstić information content (AvgIpc) is 3.22. The molecule has 2 aromatic heterocycles. The Bertz CT molecular complexity index is 1340. The third-order valence-corrected chi connectivity index (χ3v) is 7.67. The van der Waals surface area contributed by atoms with Crippen LogP contribution < -0.4 is 20.7 Å². The van der Waals surface area contributed by atoms with E-state index in [0.717, 1.165) is 36.1 Å². The van der Waals surface area contributed by atoms with Crippen LogP contribution in [0.4, 0.5) is 0 Å². The number of methoxy groups -OCH3 is 2. The lowest BCUT2D eigenvalue weighted by atomic mass is 10.1. The molecule has 0 spiro atoms. The van der Waals surface area contributed by atoms with Crippen LogP contribution in [0.15, 0.2) is 27.8 Å². The van der Waals surface area contributed by atoms with E-state index in [0.29, 0.717) is 53.5 Å². The Morgan fingerprint density at radius 2 is 1.85 bits per heavy atom. The molecule has 0 N–H and O–H groups in total. The maximum Gasteiger partial charge on any atom is 0.336 e. The predicted octanol–water partition coefficient (Wildman–Crippen LogP) is 3.72. The molecule has 1 aliphatic rings. The number of hydrogen-bond acceptors (Lipinski definition) is 6. The van der Waals surface area contributed by atoms with Crippen LogP contribution in [0.3, 0.4) is 0 Å². The summed E-state index contributed by atoms with van der Waals surface area (Å²) in [5.41, 5.74) is 0.714. The van der Waals surface area contributed by atoms with E-state index in [1.54, 1.807) is 41.7 Å². The summed E-state index contributed by atoms with van der Waals surface area (Å²) in [7, 11) is 3.07. The van der Waals surface area contributed by atoms with Crippen LogP contribution in [0, 0.1) is 0 Å². The Labute approximate surface area is 202 Å². The number of carbonyl (C=O) groups excluding carboxylic acids is 1. The summed E-state index contributed by atoms with van der Waals surface area (Å²) < 4.78 is 13.7. The Balaban J connectivity index is 1.94. The minimum Gasteiger partial charge on any atom is -0.493 e. The van der Waals surface area contributed by atoms with Crippen LogP contribution in [0.1, 0.15) is 50.0 Å². The summed E-state index contributed by atoms with van der Waals surface area (Å²) in [5.74, 6) is 0.991. The van der Waals surface area contributed by atoms with Crippen LogP contribution in [0.2, 0.25) is 0 Å². The SMILES string of the molecule is CCCCCCn1c(=O)n(-c2ccc(OC)c(OC)c2)c(=O)c2c3c(sc21)CN(C(C)=O)CC3. The summed E-state index contributed by atoms with van der Waals surface area (Å²) in [6, 6.07) is 5.06. The lowest BCUT2D eigenvalue weighted by Crippen LogP contribution is -2.39. The summed E-state index contributed by atoms with van der Waals surface area (Å²) in [6.45, 7) is 5.30. The van der Waals surface area contributed by atoms with Gasteiger partial charge in [0.15, 0.2) is 11.5 Å². The van der Waals surface area contributed by atoms with E-state index < -0.39 is 0 Å². The molecule has 3 heterocycles. The van der Waals surface area contributed by atoms with E-state index in [2.05, 4.69) is 6.92 Å². The highest BCUT2D eigenvalue weighted by molar-refractivity contribution is 7.18. The smallest absolute Gasteiger partial charge is 0.336 e. The zero-order valence-electron chi connectivity index (χ0n) is 20.2. The zero-order chi connectivity index (χ0) is 24.4. The normalized spacial score (nSPS) is 13.2. The molecule has 34 heavy (non-hydrogen) atoms. The van der Waals surface area contributed by atoms with Gasteiger partial charge in [-0.15, -0.1) is 11.3 Å². The number of nitrogens with zero attached hydrogens (tertiary/aromatic N) is 3. The fourth-order valence-electron chi connectivity index (χ4n) is 4.56. The summed E-state index contributed by atoms with van der Waals surface area (Å²) in [4.78, 5) is 42.9. The van der Waals surface area contributed by atoms with E-state index in [1.165, 1.54) is 23.0 Å². The van der Waals surface area contributed by atoms with Crippen molar-refractivity contribution in [2.75, 3.05) is 20.8 Å². The number of amides is 1. The van der Waals surface area contributed by atoms with Crippen molar-refractivity contribution >= 4 is 27.5 Å². The first-order valence-corrected chi connectivity index (χ1v) is 12.5. The number of benzene rings is 1. The van der Waals surface area contributed by atoms with Crippen LogP contribution in [0.25, 0.3) is 15.9 Å². The fourth-order valence-corrected chi connectivity index (χ4v) is 5.93. The predicted molar refractivity (Wildman–Crippen MR) is 134 cm³/mol. The molecule has 0 bridgehead atoms.